The van der Waals surface area contributed by atoms with Crippen molar-refractivity contribution in [3.8, 4) is 0 Å². The average Bonchev–Trinajstić information content (AvgIpc) is 1.44. The van der Waals surface area contributed by atoms with E-state index < -0.39 is 97.5 Å². The number of rotatable bonds is 77. The summed E-state index contributed by atoms with van der Waals surface area (Å²) in [4.78, 5) is 72.8. The Morgan fingerprint density at radius 3 is 0.708 bits per heavy atom. The molecule has 0 aromatic rings. The molecule has 0 aromatic carbocycles. The van der Waals surface area contributed by atoms with Gasteiger partial charge in [0.2, 0.25) is 0 Å². The Bertz CT molecular complexity index is 1840. The first kappa shape index (κ1) is 94.1. The fourth-order valence-electron chi connectivity index (χ4n) is 11.9. The van der Waals surface area contributed by atoms with Crippen molar-refractivity contribution in [2.75, 3.05) is 39.6 Å². The second-order valence-electron chi connectivity index (χ2n) is 28.2. The molecule has 0 amide bonds. The minimum Gasteiger partial charge on any atom is -0.462 e. The minimum atomic E-state index is -4.96. The smallest absolute Gasteiger partial charge is 0.462 e. The Balaban J connectivity index is 5.21. The van der Waals surface area contributed by atoms with Gasteiger partial charge in [0.25, 0.3) is 0 Å². The summed E-state index contributed by atoms with van der Waals surface area (Å²) in [5.41, 5.74) is 0. The molecule has 0 aromatic heterocycles. The molecule has 0 spiro atoms. The van der Waals surface area contributed by atoms with Crippen molar-refractivity contribution in [3.63, 3.8) is 0 Å². The lowest BCUT2D eigenvalue weighted by Crippen LogP contribution is -2.30. The first-order valence-electron chi connectivity index (χ1n) is 40.1. The number of unbranched alkanes of at least 4 members (excludes halogenated alkanes) is 49. The maximum atomic E-state index is 13.1. The summed E-state index contributed by atoms with van der Waals surface area (Å²) in [5.74, 6) is -1.33. The lowest BCUT2D eigenvalue weighted by Gasteiger charge is -2.21. The van der Waals surface area contributed by atoms with Crippen LogP contribution in [0, 0.1) is 5.92 Å². The first-order chi connectivity index (χ1) is 46.5. The predicted octanol–water partition coefficient (Wildman–Crippen LogP) is 22.9. The van der Waals surface area contributed by atoms with Crippen molar-refractivity contribution < 1.29 is 80.2 Å². The summed E-state index contributed by atoms with van der Waals surface area (Å²) in [7, 11) is -9.91. The van der Waals surface area contributed by atoms with E-state index in [0.29, 0.717) is 25.7 Å². The fraction of sp³-hybridized carbons (Fsp3) is 0.948. The summed E-state index contributed by atoms with van der Waals surface area (Å²) in [6.45, 7) is 7.30. The molecule has 0 saturated carbocycles. The van der Waals surface area contributed by atoms with Gasteiger partial charge in [-0.25, -0.2) is 9.13 Å². The molecule has 0 aliphatic carbocycles. The highest BCUT2D eigenvalue weighted by molar-refractivity contribution is 7.47. The lowest BCUT2D eigenvalue weighted by atomic mass is 10.0. The molecule has 0 aliphatic rings. The van der Waals surface area contributed by atoms with Crippen LogP contribution < -0.4 is 0 Å². The Morgan fingerprint density at radius 1 is 0.281 bits per heavy atom. The lowest BCUT2D eigenvalue weighted by molar-refractivity contribution is -0.161. The molecule has 19 heteroatoms. The molecule has 570 valence electrons. The molecule has 2 unspecified atom stereocenters. The van der Waals surface area contributed by atoms with E-state index in [-0.39, 0.29) is 25.7 Å². The van der Waals surface area contributed by atoms with E-state index in [1.807, 2.05) is 0 Å². The monoisotopic (exact) mass is 1410 g/mol. The zero-order valence-corrected chi connectivity index (χ0v) is 64.3. The number of phosphoric acid groups is 2. The molecular weight excluding hydrogens is 1260 g/mol. The van der Waals surface area contributed by atoms with Gasteiger partial charge in [0.15, 0.2) is 12.2 Å². The van der Waals surface area contributed by atoms with Crippen molar-refractivity contribution in [1.29, 1.82) is 0 Å². The van der Waals surface area contributed by atoms with Crippen LogP contribution in [0.25, 0.3) is 0 Å². The van der Waals surface area contributed by atoms with Crippen LogP contribution >= 0.6 is 15.6 Å². The molecule has 5 atom stereocenters. The van der Waals surface area contributed by atoms with Gasteiger partial charge in [0.1, 0.15) is 19.3 Å². The number of ether oxygens (including phenoxy) is 4. The highest BCUT2D eigenvalue weighted by Crippen LogP contribution is 2.45. The molecule has 96 heavy (non-hydrogen) atoms. The zero-order chi connectivity index (χ0) is 70.5. The average molecular weight is 1410 g/mol. The van der Waals surface area contributed by atoms with E-state index in [1.165, 1.54) is 231 Å². The second-order valence-corrected chi connectivity index (χ2v) is 31.1. The van der Waals surface area contributed by atoms with Crippen molar-refractivity contribution in [1.82, 2.24) is 0 Å². The fourth-order valence-corrected chi connectivity index (χ4v) is 13.5. The van der Waals surface area contributed by atoms with Crippen LogP contribution in [0.5, 0.6) is 0 Å². The third kappa shape index (κ3) is 70.5. The number of hydrogen-bond acceptors (Lipinski definition) is 15. The predicted molar refractivity (Wildman–Crippen MR) is 391 cm³/mol. The van der Waals surface area contributed by atoms with E-state index in [2.05, 4.69) is 34.6 Å². The van der Waals surface area contributed by atoms with Crippen LogP contribution in [0.2, 0.25) is 0 Å². The van der Waals surface area contributed by atoms with E-state index in [9.17, 15) is 43.2 Å². The molecular formula is C77H150O17P2. The van der Waals surface area contributed by atoms with Crippen LogP contribution in [0.15, 0.2) is 0 Å². The van der Waals surface area contributed by atoms with Gasteiger partial charge in [-0.3, -0.25) is 37.3 Å². The second kappa shape index (κ2) is 70.1. The summed E-state index contributed by atoms with van der Waals surface area (Å²) in [6, 6.07) is 0. The van der Waals surface area contributed by atoms with Gasteiger partial charge in [-0.1, -0.05) is 356 Å². The van der Waals surface area contributed by atoms with Gasteiger partial charge in [-0.2, -0.15) is 0 Å². The highest BCUT2D eigenvalue weighted by atomic mass is 31.2. The molecule has 0 radical (unpaired) electrons. The van der Waals surface area contributed by atoms with Crippen molar-refractivity contribution >= 4 is 39.5 Å². The number of esters is 4. The van der Waals surface area contributed by atoms with Crippen molar-refractivity contribution in [3.05, 3.63) is 0 Å². The van der Waals surface area contributed by atoms with E-state index in [4.69, 9.17) is 37.0 Å². The SMILES string of the molecule is CCCCCCCCCCCCCCCCCCCCCCC(=O)O[C@H](COC(=O)CCCCCCCCCCCCCCC(C)C)COP(=O)(O)OC[C@@H](O)COP(=O)(O)OC[C@@H](COC(=O)CCCCCCCCCCCC)OC(=O)CCCCCCCCCCCCC. The summed E-state index contributed by atoms with van der Waals surface area (Å²) in [6.07, 6.45) is 59.6. The maximum absolute atomic E-state index is 13.1. The maximum Gasteiger partial charge on any atom is 0.472 e. The van der Waals surface area contributed by atoms with Crippen LogP contribution in [0.3, 0.4) is 0 Å². The number of aliphatic hydroxyl groups excluding tert-OH is 1. The summed E-state index contributed by atoms with van der Waals surface area (Å²) < 4.78 is 68.5. The van der Waals surface area contributed by atoms with Gasteiger partial charge in [0.05, 0.1) is 26.4 Å². The normalized spacial score (nSPS) is 13.9. The highest BCUT2D eigenvalue weighted by Gasteiger charge is 2.30. The number of carbonyl (C=O) groups is 4. The standard InChI is InChI=1S/C77H150O17P2/c1-6-9-12-15-18-21-24-25-26-27-28-29-30-31-32-38-43-48-53-58-63-77(82)94-73(67-88-75(80)61-56-51-46-41-37-34-33-36-39-44-49-54-59-70(4)5)69-92-96(85,86)90-65-71(78)64-89-95(83,84)91-68-72(66-87-74(79)60-55-50-45-40-23-20-17-14-11-8-3)93-76(81)62-57-52-47-42-35-22-19-16-13-10-7-2/h70-73,78H,6-69H2,1-5H3,(H,83,84)(H,85,86)/t71-,72+,73+/m0/s1. The minimum absolute atomic E-state index is 0.107. The quantitative estimate of drug-likeness (QED) is 0.0222. The van der Waals surface area contributed by atoms with Gasteiger partial charge in [0, 0.05) is 25.7 Å². The topological polar surface area (TPSA) is 237 Å². The van der Waals surface area contributed by atoms with Crippen LogP contribution in [-0.4, -0.2) is 96.7 Å². The molecule has 0 heterocycles. The van der Waals surface area contributed by atoms with E-state index in [0.717, 1.165) is 95.8 Å². The van der Waals surface area contributed by atoms with Gasteiger partial charge in [-0.15, -0.1) is 0 Å². The van der Waals surface area contributed by atoms with E-state index in [1.54, 1.807) is 0 Å². The Hall–Kier alpha value is -1.94. The third-order valence-corrected chi connectivity index (χ3v) is 19.9. The number of aliphatic hydroxyl groups is 1. The molecule has 0 saturated heterocycles. The summed E-state index contributed by atoms with van der Waals surface area (Å²) in [5, 5.41) is 10.6. The molecule has 0 fully saturated rings. The Labute approximate surface area is 588 Å². The molecule has 17 nitrogen and oxygen atoms in total. The van der Waals surface area contributed by atoms with Crippen molar-refractivity contribution in [2.45, 2.75) is 425 Å². The molecule has 0 aliphatic heterocycles. The summed E-state index contributed by atoms with van der Waals surface area (Å²) >= 11 is 0. The molecule has 0 bridgehead atoms. The van der Waals surface area contributed by atoms with Gasteiger partial charge < -0.3 is 33.8 Å². The first-order valence-corrected chi connectivity index (χ1v) is 43.1. The molecule has 0 rings (SSSR count). The van der Waals surface area contributed by atoms with Crippen molar-refractivity contribution in [2.24, 2.45) is 5.92 Å². The van der Waals surface area contributed by atoms with Gasteiger partial charge >= 0.3 is 39.5 Å². The number of phosphoric ester groups is 2. The number of carbonyl (C=O) groups excluding carboxylic acids is 4. The van der Waals surface area contributed by atoms with Crippen LogP contribution in [0.1, 0.15) is 407 Å². The molecule has 3 N–H and O–H groups in total. The van der Waals surface area contributed by atoms with Crippen LogP contribution in [0.4, 0.5) is 0 Å². The Morgan fingerprint density at radius 2 is 0.479 bits per heavy atom. The third-order valence-electron chi connectivity index (χ3n) is 18.0. The van der Waals surface area contributed by atoms with Gasteiger partial charge in [-0.05, 0) is 31.6 Å². The van der Waals surface area contributed by atoms with Crippen LogP contribution in [-0.2, 0) is 65.4 Å². The zero-order valence-electron chi connectivity index (χ0n) is 62.5. The largest absolute Gasteiger partial charge is 0.472 e. The number of hydrogen-bond donors (Lipinski definition) is 3. The Kier molecular flexibility index (Phi) is 68.7. The van der Waals surface area contributed by atoms with E-state index >= 15 is 0 Å².